The van der Waals surface area contributed by atoms with E-state index in [4.69, 9.17) is 9.47 Å². The van der Waals surface area contributed by atoms with Crippen molar-refractivity contribution in [2.24, 2.45) is 4.99 Å². The standard InChI is InChI=1S/C19H17NO4/c1-11(20-15-10-12(23-2)8-9-16(15)24-3)17-18(21)13-6-4-5-7-14(13)19(17)22/h4-10,21H,1-3H3. The Morgan fingerprint density at radius 1 is 1.04 bits per heavy atom. The zero-order valence-corrected chi connectivity index (χ0v) is 13.7. The number of fused-ring (bicyclic) bond motifs is 1. The Morgan fingerprint density at radius 3 is 2.38 bits per heavy atom. The van der Waals surface area contributed by atoms with Crippen LogP contribution in [0.15, 0.2) is 53.0 Å². The summed E-state index contributed by atoms with van der Waals surface area (Å²) in [6.07, 6.45) is 0. The first-order valence-corrected chi connectivity index (χ1v) is 7.42. The molecule has 0 atom stereocenters. The molecule has 0 radical (unpaired) electrons. The highest BCUT2D eigenvalue weighted by Crippen LogP contribution is 2.35. The summed E-state index contributed by atoms with van der Waals surface area (Å²) in [6, 6.07) is 12.2. The zero-order valence-electron chi connectivity index (χ0n) is 13.7. The molecule has 0 spiro atoms. The minimum atomic E-state index is -0.230. The lowest BCUT2D eigenvalue weighted by Gasteiger charge is -2.08. The summed E-state index contributed by atoms with van der Waals surface area (Å²) >= 11 is 0. The maximum atomic E-state index is 12.6. The highest BCUT2D eigenvalue weighted by molar-refractivity contribution is 6.35. The molecule has 1 aliphatic rings. The first-order chi connectivity index (χ1) is 11.6. The molecule has 0 unspecified atom stereocenters. The van der Waals surface area contributed by atoms with Crippen molar-refractivity contribution in [3.05, 3.63) is 59.2 Å². The van der Waals surface area contributed by atoms with Crippen molar-refractivity contribution in [1.82, 2.24) is 0 Å². The third-order valence-corrected chi connectivity index (χ3v) is 3.93. The number of rotatable bonds is 4. The van der Waals surface area contributed by atoms with Crippen LogP contribution in [0.5, 0.6) is 11.5 Å². The van der Waals surface area contributed by atoms with Crippen LogP contribution in [0.2, 0.25) is 0 Å². The molecule has 0 aromatic heterocycles. The molecule has 24 heavy (non-hydrogen) atoms. The van der Waals surface area contributed by atoms with Gasteiger partial charge in [0.2, 0.25) is 0 Å². The predicted octanol–water partition coefficient (Wildman–Crippen LogP) is 3.96. The van der Waals surface area contributed by atoms with Crippen LogP contribution in [0.1, 0.15) is 22.8 Å². The van der Waals surface area contributed by atoms with Crippen molar-refractivity contribution in [3.63, 3.8) is 0 Å². The van der Waals surface area contributed by atoms with E-state index in [-0.39, 0.29) is 17.1 Å². The van der Waals surface area contributed by atoms with Crippen LogP contribution in [0.3, 0.4) is 0 Å². The molecule has 0 saturated heterocycles. The fourth-order valence-electron chi connectivity index (χ4n) is 2.72. The highest BCUT2D eigenvalue weighted by Gasteiger charge is 2.31. The fraction of sp³-hybridized carbons (Fsp3) is 0.158. The second-order valence-corrected chi connectivity index (χ2v) is 5.33. The van der Waals surface area contributed by atoms with Gasteiger partial charge >= 0.3 is 0 Å². The van der Waals surface area contributed by atoms with E-state index in [0.717, 1.165) is 0 Å². The number of hydrogen-bond donors (Lipinski definition) is 1. The Labute approximate surface area is 139 Å². The van der Waals surface area contributed by atoms with Crippen molar-refractivity contribution in [3.8, 4) is 11.5 Å². The largest absolute Gasteiger partial charge is 0.506 e. The number of hydrogen-bond acceptors (Lipinski definition) is 5. The van der Waals surface area contributed by atoms with Crippen LogP contribution in [-0.2, 0) is 0 Å². The van der Waals surface area contributed by atoms with Crippen LogP contribution in [0.25, 0.3) is 5.76 Å². The van der Waals surface area contributed by atoms with Crippen LogP contribution in [0, 0.1) is 0 Å². The van der Waals surface area contributed by atoms with E-state index in [0.29, 0.717) is 34.0 Å². The molecule has 5 heteroatoms. The average molecular weight is 323 g/mol. The summed E-state index contributed by atoms with van der Waals surface area (Å²) < 4.78 is 10.5. The summed E-state index contributed by atoms with van der Waals surface area (Å²) in [5.74, 6) is 0.907. The first kappa shape index (κ1) is 15.8. The van der Waals surface area contributed by atoms with Gasteiger partial charge in [-0.05, 0) is 19.1 Å². The maximum absolute atomic E-state index is 12.6. The SMILES string of the molecule is COc1ccc(OC)c(N=C(C)C2=C(O)c3ccccc3C2=O)c1. The third kappa shape index (κ3) is 2.54. The number of carbonyl (C=O) groups is 1. The first-order valence-electron chi connectivity index (χ1n) is 7.42. The summed E-state index contributed by atoms with van der Waals surface area (Å²) in [5.41, 5.74) is 2.17. The predicted molar refractivity (Wildman–Crippen MR) is 92.6 cm³/mol. The zero-order chi connectivity index (χ0) is 17.3. The van der Waals surface area contributed by atoms with Gasteiger partial charge in [-0.1, -0.05) is 24.3 Å². The van der Waals surface area contributed by atoms with Crippen LogP contribution in [0.4, 0.5) is 5.69 Å². The number of ether oxygens (including phenoxy) is 2. The third-order valence-electron chi connectivity index (χ3n) is 3.93. The molecular weight excluding hydrogens is 306 g/mol. The summed E-state index contributed by atoms with van der Waals surface area (Å²) in [6.45, 7) is 1.69. The molecule has 1 N–H and O–H groups in total. The Hall–Kier alpha value is -3.08. The van der Waals surface area contributed by atoms with Gasteiger partial charge in [0.05, 0.1) is 25.5 Å². The minimum absolute atomic E-state index is 0.0429. The Bertz CT molecular complexity index is 881. The van der Waals surface area contributed by atoms with Gasteiger partial charge < -0.3 is 14.6 Å². The van der Waals surface area contributed by atoms with Gasteiger partial charge in [0.15, 0.2) is 5.78 Å². The van der Waals surface area contributed by atoms with Crippen molar-refractivity contribution in [2.45, 2.75) is 6.92 Å². The van der Waals surface area contributed by atoms with Gasteiger partial charge in [0.25, 0.3) is 0 Å². The molecule has 2 aromatic rings. The van der Waals surface area contributed by atoms with Crippen molar-refractivity contribution in [1.29, 1.82) is 0 Å². The number of aliphatic imine (C=N–C) groups is 1. The Balaban J connectivity index is 2.07. The number of aliphatic hydroxyl groups is 1. The van der Waals surface area contributed by atoms with E-state index in [2.05, 4.69) is 4.99 Å². The number of carbonyl (C=O) groups excluding carboxylic acids is 1. The number of benzene rings is 2. The molecule has 5 nitrogen and oxygen atoms in total. The number of Topliss-reactive ketones (excluding diaryl/α,β-unsaturated/α-hetero) is 1. The van der Waals surface area contributed by atoms with Crippen LogP contribution < -0.4 is 9.47 Å². The molecule has 0 amide bonds. The number of nitrogens with zero attached hydrogens (tertiary/aromatic N) is 1. The van der Waals surface area contributed by atoms with Gasteiger partial charge in [-0.3, -0.25) is 4.79 Å². The summed E-state index contributed by atoms with van der Waals surface area (Å²) in [7, 11) is 3.11. The second-order valence-electron chi connectivity index (χ2n) is 5.33. The molecule has 0 saturated carbocycles. The summed E-state index contributed by atoms with van der Waals surface area (Å²) in [4.78, 5) is 17.0. The highest BCUT2D eigenvalue weighted by atomic mass is 16.5. The Kier molecular flexibility index (Phi) is 4.08. The van der Waals surface area contributed by atoms with Gasteiger partial charge in [-0.25, -0.2) is 4.99 Å². The average Bonchev–Trinajstić information content (AvgIpc) is 2.86. The lowest BCUT2D eigenvalue weighted by atomic mass is 10.1. The van der Waals surface area contributed by atoms with E-state index < -0.39 is 0 Å². The smallest absolute Gasteiger partial charge is 0.199 e. The lowest BCUT2D eigenvalue weighted by molar-refractivity contribution is 0.104. The van der Waals surface area contributed by atoms with Gasteiger partial charge in [0.1, 0.15) is 22.9 Å². The van der Waals surface area contributed by atoms with E-state index >= 15 is 0 Å². The van der Waals surface area contributed by atoms with Gasteiger partial charge in [0, 0.05) is 17.2 Å². The molecule has 3 rings (SSSR count). The molecular formula is C19H17NO4. The molecule has 0 bridgehead atoms. The van der Waals surface area contributed by atoms with Gasteiger partial charge in [-0.15, -0.1) is 0 Å². The number of aliphatic hydroxyl groups excluding tert-OH is 1. The van der Waals surface area contributed by atoms with E-state index in [1.807, 2.05) is 0 Å². The normalized spacial score (nSPS) is 14.0. The van der Waals surface area contributed by atoms with Gasteiger partial charge in [-0.2, -0.15) is 0 Å². The van der Waals surface area contributed by atoms with Crippen molar-refractivity contribution >= 4 is 22.9 Å². The van der Waals surface area contributed by atoms with Crippen molar-refractivity contribution < 1.29 is 19.4 Å². The molecule has 0 aliphatic heterocycles. The minimum Gasteiger partial charge on any atom is -0.506 e. The van der Waals surface area contributed by atoms with E-state index in [9.17, 15) is 9.90 Å². The number of methoxy groups -OCH3 is 2. The lowest BCUT2D eigenvalue weighted by Crippen LogP contribution is -2.07. The molecule has 122 valence electrons. The van der Waals surface area contributed by atoms with Crippen LogP contribution in [-0.4, -0.2) is 30.8 Å². The molecule has 1 aliphatic carbocycles. The molecule has 0 fully saturated rings. The number of allylic oxidation sites excluding steroid dienone is 1. The number of ketones is 1. The second kappa shape index (κ2) is 6.20. The fourth-order valence-corrected chi connectivity index (χ4v) is 2.72. The molecule has 2 aromatic carbocycles. The van der Waals surface area contributed by atoms with Crippen molar-refractivity contribution in [2.75, 3.05) is 14.2 Å². The quantitative estimate of drug-likeness (QED) is 0.865. The monoisotopic (exact) mass is 323 g/mol. The topological polar surface area (TPSA) is 68.1 Å². The van der Waals surface area contributed by atoms with Crippen LogP contribution >= 0.6 is 0 Å². The molecule has 0 heterocycles. The Morgan fingerprint density at radius 2 is 1.75 bits per heavy atom. The van der Waals surface area contributed by atoms with E-state index in [1.54, 1.807) is 63.6 Å². The van der Waals surface area contributed by atoms with E-state index in [1.165, 1.54) is 0 Å². The summed E-state index contributed by atoms with van der Waals surface area (Å²) in [5, 5.41) is 10.4. The maximum Gasteiger partial charge on any atom is 0.199 e.